The fraction of sp³-hybridized carbons (Fsp3) is 0.231. The molecule has 1 aliphatic heterocycles. The standard InChI is InChI=1S/C26H28N4O2/c1-29-15-17-30(18-16-29)24-19-23(8-9-25(24)32-2)28-26(31)10-5-20-3-6-21(7-4-20)22-11-13-27-14-12-22/h3-14,19H,15-18H2,1-2H3,(H,28,31). The molecule has 6 heteroatoms. The van der Waals surface area contributed by atoms with Crippen LogP contribution in [0.15, 0.2) is 73.1 Å². The van der Waals surface area contributed by atoms with Gasteiger partial charge in [0.2, 0.25) is 5.91 Å². The van der Waals surface area contributed by atoms with Gasteiger partial charge in [0.05, 0.1) is 12.8 Å². The molecule has 2 aromatic carbocycles. The van der Waals surface area contributed by atoms with E-state index in [4.69, 9.17) is 4.74 Å². The average Bonchev–Trinajstić information content (AvgIpc) is 2.84. The second-order valence-corrected chi connectivity index (χ2v) is 7.86. The van der Waals surface area contributed by atoms with Crippen molar-refractivity contribution in [1.82, 2.24) is 9.88 Å². The zero-order valence-electron chi connectivity index (χ0n) is 18.5. The number of anilines is 2. The number of nitrogens with zero attached hydrogens (tertiary/aromatic N) is 3. The van der Waals surface area contributed by atoms with E-state index in [-0.39, 0.29) is 5.91 Å². The molecule has 0 saturated carbocycles. The molecule has 0 radical (unpaired) electrons. The number of nitrogens with one attached hydrogen (secondary N) is 1. The number of methoxy groups -OCH3 is 1. The molecule has 1 saturated heterocycles. The molecule has 4 rings (SSSR count). The van der Waals surface area contributed by atoms with E-state index >= 15 is 0 Å². The molecule has 1 aliphatic rings. The number of likely N-dealkylation sites (N-methyl/N-ethyl adjacent to an activating group) is 1. The third-order valence-electron chi connectivity index (χ3n) is 5.64. The molecule has 0 bridgehead atoms. The number of pyridine rings is 1. The molecule has 1 fully saturated rings. The summed E-state index contributed by atoms with van der Waals surface area (Å²) in [5, 5.41) is 2.96. The van der Waals surface area contributed by atoms with Crippen molar-refractivity contribution >= 4 is 23.4 Å². The number of benzene rings is 2. The summed E-state index contributed by atoms with van der Waals surface area (Å²) in [6, 6.07) is 17.8. The Morgan fingerprint density at radius 2 is 1.66 bits per heavy atom. The SMILES string of the molecule is COc1ccc(NC(=O)C=Cc2ccc(-c3ccncc3)cc2)cc1N1CCN(C)CC1. The topological polar surface area (TPSA) is 57.7 Å². The van der Waals surface area contributed by atoms with Crippen LogP contribution in [0.25, 0.3) is 17.2 Å². The summed E-state index contributed by atoms with van der Waals surface area (Å²) in [6.07, 6.45) is 6.93. The quantitative estimate of drug-likeness (QED) is 0.598. The number of aromatic nitrogens is 1. The Labute approximate surface area is 189 Å². The van der Waals surface area contributed by atoms with E-state index in [0.717, 1.165) is 60.0 Å². The van der Waals surface area contributed by atoms with Gasteiger partial charge in [-0.05, 0) is 60.1 Å². The molecule has 1 amide bonds. The molecule has 2 heterocycles. The van der Waals surface area contributed by atoms with Crippen LogP contribution < -0.4 is 15.0 Å². The van der Waals surface area contributed by atoms with E-state index < -0.39 is 0 Å². The van der Waals surface area contributed by atoms with Gasteiger partial charge in [0.1, 0.15) is 5.75 Å². The van der Waals surface area contributed by atoms with Crippen LogP contribution in [0.4, 0.5) is 11.4 Å². The summed E-state index contributed by atoms with van der Waals surface area (Å²) in [6.45, 7) is 3.87. The van der Waals surface area contributed by atoms with Crippen LogP contribution in [0.5, 0.6) is 5.75 Å². The van der Waals surface area contributed by atoms with Crippen LogP contribution in [-0.4, -0.2) is 56.1 Å². The van der Waals surface area contributed by atoms with Crippen LogP contribution in [0.2, 0.25) is 0 Å². The lowest BCUT2D eigenvalue weighted by atomic mass is 10.1. The predicted molar refractivity (Wildman–Crippen MR) is 130 cm³/mol. The lowest BCUT2D eigenvalue weighted by molar-refractivity contribution is -0.111. The first-order valence-corrected chi connectivity index (χ1v) is 10.7. The molecular weight excluding hydrogens is 400 g/mol. The van der Waals surface area contributed by atoms with E-state index in [1.807, 2.05) is 60.7 Å². The first-order valence-electron chi connectivity index (χ1n) is 10.7. The van der Waals surface area contributed by atoms with Crippen molar-refractivity contribution in [2.24, 2.45) is 0 Å². The number of rotatable bonds is 6. The smallest absolute Gasteiger partial charge is 0.248 e. The number of hydrogen-bond acceptors (Lipinski definition) is 5. The second kappa shape index (κ2) is 10.1. The number of ether oxygens (including phenoxy) is 1. The number of piperazine rings is 1. The first-order chi connectivity index (χ1) is 15.6. The minimum atomic E-state index is -0.169. The van der Waals surface area contributed by atoms with Crippen LogP contribution in [0.1, 0.15) is 5.56 Å². The molecule has 164 valence electrons. The molecule has 32 heavy (non-hydrogen) atoms. The third-order valence-corrected chi connectivity index (χ3v) is 5.64. The fourth-order valence-corrected chi connectivity index (χ4v) is 3.75. The molecular formula is C26H28N4O2. The Morgan fingerprint density at radius 1 is 0.969 bits per heavy atom. The van der Waals surface area contributed by atoms with Crippen LogP contribution in [-0.2, 0) is 4.79 Å². The van der Waals surface area contributed by atoms with Crippen LogP contribution in [0, 0.1) is 0 Å². The Kier molecular flexibility index (Phi) is 6.82. The summed E-state index contributed by atoms with van der Waals surface area (Å²) in [4.78, 5) is 21.2. The first kappa shape index (κ1) is 21.6. The van der Waals surface area contributed by atoms with Crippen molar-refractivity contribution in [3.63, 3.8) is 0 Å². The Hall–Kier alpha value is -3.64. The van der Waals surface area contributed by atoms with Crippen molar-refractivity contribution in [2.45, 2.75) is 0 Å². The molecule has 0 atom stereocenters. The summed E-state index contributed by atoms with van der Waals surface area (Å²) < 4.78 is 5.55. The zero-order valence-corrected chi connectivity index (χ0v) is 18.5. The Balaban J connectivity index is 1.41. The van der Waals surface area contributed by atoms with Gasteiger partial charge in [0.15, 0.2) is 0 Å². The summed E-state index contributed by atoms with van der Waals surface area (Å²) >= 11 is 0. The number of hydrogen-bond donors (Lipinski definition) is 1. The zero-order chi connectivity index (χ0) is 22.3. The van der Waals surface area contributed by atoms with E-state index in [2.05, 4.69) is 27.1 Å². The van der Waals surface area contributed by atoms with Gasteiger partial charge in [-0.15, -0.1) is 0 Å². The third kappa shape index (κ3) is 5.34. The molecule has 1 aromatic heterocycles. The van der Waals surface area contributed by atoms with Crippen molar-refractivity contribution in [3.8, 4) is 16.9 Å². The number of carbonyl (C=O) groups is 1. The number of amides is 1. The number of carbonyl (C=O) groups excluding carboxylic acids is 1. The monoisotopic (exact) mass is 428 g/mol. The van der Waals surface area contributed by atoms with Crippen molar-refractivity contribution in [3.05, 3.63) is 78.6 Å². The van der Waals surface area contributed by atoms with Crippen LogP contribution in [0.3, 0.4) is 0 Å². The lowest BCUT2D eigenvalue weighted by Crippen LogP contribution is -2.44. The van der Waals surface area contributed by atoms with Gasteiger partial charge in [-0.2, -0.15) is 0 Å². The lowest BCUT2D eigenvalue weighted by Gasteiger charge is -2.34. The Morgan fingerprint density at radius 3 is 2.34 bits per heavy atom. The van der Waals surface area contributed by atoms with E-state index in [0.29, 0.717) is 0 Å². The maximum absolute atomic E-state index is 12.5. The molecule has 0 unspecified atom stereocenters. The molecule has 0 spiro atoms. The highest BCUT2D eigenvalue weighted by atomic mass is 16.5. The van der Waals surface area contributed by atoms with Crippen LogP contribution >= 0.6 is 0 Å². The summed E-state index contributed by atoms with van der Waals surface area (Å²) in [5.74, 6) is 0.648. The van der Waals surface area contributed by atoms with E-state index in [9.17, 15) is 4.79 Å². The van der Waals surface area contributed by atoms with Crippen molar-refractivity contribution in [1.29, 1.82) is 0 Å². The minimum Gasteiger partial charge on any atom is -0.495 e. The summed E-state index contributed by atoms with van der Waals surface area (Å²) in [5.41, 5.74) is 4.95. The largest absolute Gasteiger partial charge is 0.495 e. The van der Waals surface area contributed by atoms with Gasteiger partial charge in [-0.1, -0.05) is 24.3 Å². The van der Waals surface area contributed by atoms with E-state index in [1.165, 1.54) is 0 Å². The Bertz CT molecular complexity index is 1070. The normalized spacial score (nSPS) is 14.5. The molecule has 6 nitrogen and oxygen atoms in total. The molecule has 1 N–H and O–H groups in total. The maximum atomic E-state index is 12.5. The highest BCUT2D eigenvalue weighted by molar-refractivity contribution is 6.02. The fourth-order valence-electron chi connectivity index (χ4n) is 3.75. The van der Waals surface area contributed by atoms with Gasteiger partial charge in [0, 0.05) is 50.3 Å². The van der Waals surface area contributed by atoms with Crippen molar-refractivity contribution < 1.29 is 9.53 Å². The average molecular weight is 429 g/mol. The van der Waals surface area contributed by atoms with Gasteiger partial charge >= 0.3 is 0 Å². The molecule has 0 aliphatic carbocycles. The van der Waals surface area contributed by atoms with Crippen molar-refractivity contribution in [2.75, 3.05) is 50.6 Å². The van der Waals surface area contributed by atoms with Gasteiger partial charge in [-0.25, -0.2) is 0 Å². The van der Waals surface area contributed by atoms with Gasteiger partial charge in [-0.3, -0.25) is 9.78 Å². The molecule has 3 aromatic rings. The highest BCUT2D eigenvalue weighted by Gasteiger charge is 2.18. The summed E-state index contributed by atoms with van der Waals surface area (Å²) in [7, 11) is 3.81. The van der Waals surface area contributed by atoms with Gasteiger partial charge < -0.3 is 19.9 Å². The van der Waals surface area contributed by atoms with Gasteiger partial charge in [0.25, 0.3) is 0 Å². The maximum Gasteiger partial charge on any atom is 0.248 e. The highest BCUT2D eigenvalue weighted by Crippen LogP contribution is 2.32. The second-order valence-electron chi connectivity index (χ2n) is 7.86. The predicted octanol–water partition coefficient (Wildman–Crippen LogP) is 4.16. The van der Waals surface area contributed by atoms with E-state index in [1.54, 1.807) is 25.6 Å². The minimum absolute atomic E-state index is 0.169.